The molecule has 1 aliphatic carbocycles. The van der Waals surface area contributed by atoms with Crippen molar-refractivity contribution in [3.05, 3.63) is 41.1 Å². The first-order valence-corrected chi connectivity index (χ1v) is 9.88. The Morgan fingerprint density at radius 3 is 2.82 bits per heavy atom. The first-order valence-electron chi connectivity index (χ1n) is 9.88. The molecule has 2 aromatic rings. The molecule has 1 saturated carbocycles. The summed E-state index contributed by atoms with van der Waals surface area (Å²) < 4.78 is 5.89. The molecule has 1 aromatic carbocycles. The molecule has 1 aliphatic heterocycles. The summed E-state index contributed by atoms with van der Waals surface area (Å²) in [6, 6.07) is 8.05. The van der Waals surface area contributed by atoms with E-state index >= 15 is 0 Å². The number of aromatic nitrogens is 2. The minimum atomic E-state index is -0.00558. The normalized spacial score (nSPS) is 19.9. The standard InChI is InChI=1S/C21H27N5O2/c1-13-4-7-16(24-20(27)15-5-6-15)11-17(13)18-12-28-9-3-8-26(18)19-10-14(2)23-21(22)25-19/h4,7,10-11,15,18H,3,5-6,8-9,12H2,1-2H3,(H,24,27)(H2,22,23,25). The van der Waals surface area contributed by atoms with E-state index in [4.69, 9.17) is 10.5 Å². The van der Waals surface area contributed by atoms with Gasteiger partial charge in [0.1, 0.15) is 5.82 Å². The first kappa shape index (κ1) is 18.7. The van der Waals surface area contributed by atoms with Gasteiger partial charge in [0.2, 0.25) is 11.9 Å². The molecule has 7 heteroatoms. The number of nitrogen functional groups attached to an aromatic ring is 1. The van der Waals surface area contributed by atoms with E-state index in [9.17, 15) is 4.79 Å². The van der Waals surface area contributed by atoms with E-state index in [0.29, 0.717) is 13.2 Å². The van der Waals surface area contributed by atoms with Gasteiger partial charge in [-0.25, -0.2) is 4.98 Å². The highest BCUT2D eigenvalue weighted by Crippen LogP contribution is 2.34. The second-order valence-electron chi connectivity index (χ2n) is 7.70. The molecule has 7 nitrogen and oxygen atoms in total. The second-order valence-corrected chi connectivity index (χ2v) is 7.70. The summed E-state index contributed by atoms with van der Waals surface area (Å²) in [5.74, 6) is 1.38. The highest BCUT2D eigenvalue weighted by molar-refractivity contribution is 5.94. The number of hydrogen-bond donors (Lipinski definition) is 2. The van der Waals surface area contributed by atoms with E-state index in [-0.39, 0.29) is 23.8 Å². The predicted octanol–water partition coefficient (Wildman–Crippen LogP) is 2.99. The number of amides is 1. The number of nitrogens with two attached hydrogens (primary N) is 1. The van der Waals surface area contributed by atoms with Gasteiger partial charge < -0.3 is 20.7 Å². The minimum absolute atomic E-state index is 0.00558. The molecule has 2 fully saturated rings. The lowest BCUT2D eigenvalue weighted by Crippen LogP contribution is -2.32. The van der Waals surface area contributed by atoms with E-state index in [1.807, 2.05) is 19.1 Å². The highest BCUT2D eigenvalue weighted by Gasteiger charge is 2.30. The van der Waals surface area contributed by atoms with Crippen molar-refractivity contribution < 1.29 is 9.53 Å². The van der Waals surface area contributed by atoms with Crippen LogP contribution in [0.15, 0.2) is 24.3 Å². The van der Waals surface area contributed by atoms with Crippen LogP contribution in [0.4, 0.5) is 17.5 Å². The molecule has 1 atom stereocenters. The zero-order chi connectivity index (χ0) is 19.7. The minimum Gasteiger partial charge on any atom is -0.379 e. The average Bonchev–Trinajstić information content (AvgIpc) is 3.49. The summed E-state index contributed by atoms with van der Waals surface area (Å²) in [5, 5.41) is 3.06. The molecule has 2 heterocycles. The average molecular weight is 381 g/mol. The molecule has 148 valence electrons. The van der Waals surface area contributed by atoms with Gasteiger partial charge in [-0.2, -0.15) is 4.98 Å². The Hall–Kier alpha value is -2.67. The molecule has 2 aliphatic rings. The van der Waals surface area contributed by atoms with Crippen molar-refractivity contribution in [3.63, 3.8) is 0 Å². The van der Waals surface area contributed by atoms with Crippen LogP contribution in [-0.2, 0) is 9.53 Å². The number of rotatable bonds is 4. The fourth-order valence-corrected chi connectivity index (χ4v) is 3.70. The Kier molecular flexibility index (Phi) is 5.17. The third-order valence-electron chi connectivity index (χ3n) is 5.35. The Labute approximate surface area is 165 Å². The summed E-state index contributed by atoms with van der Waals surface area (Å²) in [4.78, 5) is 23.1. The Morgan fingerprint density at radius 2 is 2.07 bits per heavy atom. The number of carbonyl (C=O) groups excluding carboxylic acids is 1. The lowest BCUT2D eigenvalue weighted by atomic mass is 9.99. The highest BCUT2D eigenvalue weighted by atomic mass is 16.5. The van der Waals surface area contributed by atoms with Gasteiger partial charge in [-0.05, 0) is 56.4 Å². The maximum Gasteiger partial charge on any atom is 0.227 e. The van der Waals surface area contributed by atoms with Crippen LogP contribution < -0.4 is 16.0 Å². The first-order chi connectivity index (χ1) is 13.5. The van der Waals surface area contributed by atoms with Crippen LogP contribution in [0.2, 0.25) is 0 Å². The van der Waals surface area contributed by atoms with E-state index < -0.39 is 0 Å². The molecule has 0 spiro atoms. The molecular weight excluding hydrogens is 354 g/mol. The maximum atomic E-state index is 12.2. The SMILES string of the molecule is Cc1cc(N2CCCOCC2c2cc(NC(=O)C3CC3)ccc2C)nc(N)n1. The zero-order valence-electron chi connectivity index (χ0n) is 16.4. The van der Waals surface area contributed by atoms with Crippen LogP contribution in [0.5, 0.6) is 0 Å². The molecule has 0 radical (unpaired) electrons. The summed E-state index contributed by atoms with van der Waals surface area (Å²) in [5.41, 5.74) is 9.87. The largest absolute Gasteiger partial charge is 0.379 e. The van der Waals surface area contributed by atoms with Crippen molar-refractivity contribution in [2.24, 2.45) is 5.92 Å². The number of anilines is 3. The number of ether oxygens (including phenoxy) is 1. The van der Waals surface area contributed by atoms with Crippen LogP contribution in [0.3, 0.4) is 0 Å². The van der Waals surface area contributed by atoms with Crippen molar-refractivity contribution in [3.8, 4) is 0 Å². The Bertz CT molecular complexity index is 861. The summed E-state index contributed by atoms with van der Waals surface area (Å²) in [7, 11) is 0. The Balaban J connectivity index is 1.68. The summed E-state index contributed by atoms with van der Waals surface area (Å²) in [6.45, 7) is 6.10. The second kappa shape index (κ2) is 7.75. The number of nitrogens with one attached hydrogen (secondary N) is 1. The third kappa shape index (κ3) is 4.09. The van der Waals surface area contributed by atoms with Crippen molar-refractivity contribution >= 4 is 23.4 Å². The lowest BCUT2D eigenvalue weighted by Gasteiger charge is -2.32. The van der Waals surface area contributed by atoms with E-state index in [1.165, 1.54) is 0 Å². The predicted molar refractivity (Wildman–Crippen MR) is 109 cm³/mol. The summed E-state index contributed by atoms with van der Waals surface area (Å²) in [6.07, 6.45) is 2.89. The van der Waals surface area contributed by atoms with Crippen LogP contribution in [0.1, 0.15) is 42.1 Å². The molecule has 1 unspecified atom stereocenters. The quantitative estimate of drug-likeness (QED) is 0.846. The lowest BCUT2D eigenvalue weighted by molar-refractivity contribution is -0.117. The fourth-order valence-electron chi connectivity index (χ4n) is 3.70. The molecule has 1 amide bonds. The molecule has 0 bridgehead atoms. The monoisotopic (exact) mass is 381 g/mol. The van der Waals surface area contributed by atoms with E-state index in [2.05, 4.69) is 39.2 Å². The van der Waals surface area contributed by atoms with Gasteiger partial charge in [0.15, 0.2) is 0 Å². The van der Waals surface area contributed by atoms with Gasteiger partial charge in [0, 0.05) is 36.5 Å². The van der Waals surface area contributed by atoms with Gasteiger partial charge in [0.25, 0.3) is 0 Å². The van der Waals surface area contributed by atoms with Gasteiger partial charge in [-0.3, -0.25) is 4.79 Å². The zero-order valence-corrected chi connectivity index (χ0v) is 16.4. The maximum absolute atomic E-state index is 12.2. The van der Waals surface area contributed by atoms with Crippen molar-refractivity contribution in [1.82, 2.24) is 9.97 Å². The smallest absolute Gasteiger partial charge is 0.227 e. The van der Waals surface area contributed by atoms with Crippen LogP contribution >= 0.6 is 0 Å². The topological polar surface area (TPSA) is 93.4 Å². The number of nitrogens with zero attached hydrogens (tertiary/aromatic N) is 3. The Morgan fingerprint density at radius 1 is 1.25 bits per heavy atom. The van der Waals surface area contributed by atoms with E-state index in [1.54, 1.807) is 0 Å². The van der Waals surface area contributed by atoms with Crippen LogP contribution in [0, 0.1) is 19.8 Å². The van der Waals surface area contributed by atoms with Gasteiger partial charge in [-0.1, -0.05) is 6.07 Å². The number of aryl methyl sites for hydroxylation is 2. The number of carbonyl (C=O) groups is 1. The molecule has 28 heavy (non-hydrogen) atoms. The van der Waals surface area contributed by atoms with Crippen molar-refractivity contribution in [2.75, 3.05) is 35.7 Å². The molecular formula is C21H27N5O2. The third-order valence-corrected chi connectivity index (χ3v) is 5.35. The van der Waals surface area contributed by atoms with Gasteiger partial charge >= 0.3 is 0 Å². The molecule has 1 saturated heterocycles. The van der Waals surface area contributed by atoms with Crippen molar-refractivity contribution in [1.29, 1.82) is 0 Å². The summed E-state index contributed by atoms with van der Waals surface area (Å²) >= 11 is 0. The molecule has 4 rings (SSSR count). The molecule has 1 aromatic heterocycles. The fraction of sp³-hybridized carbons (Fsp3) is 0.476. The number of hydrogen-bond acceptors (Lipinski definition) is 6. The van der Waals surface area contributed by atoms with Gasteiger partial charge in [0.05, 0.1) is 12.6 Å². The van der Waals surface area contributed by atoms with Crippen LogP contribution in [-0.4, -0.2) is 35.6 Å². The van der Waals surface area contributed by atoms with Gasteiger partial charge in [-0.15, -0.1) is 0 Å². The molecule has 3 N–H and O–H groups in total. The van der Waals surface area contributed by atoms with E-state index in [0.717, 1.165) is 54.1 Å². The van der Waals surface area contributed by atoms with Crippen LogP contribution in [0.25, 0.3) is 0 Å². The number of benzene rings is 1. The van der Waals surface area contributed by atoms with Crippen molar-refractivity contribution in [2.45, 2.75) is 39.2 Å².